The number of amides is 1. The second-order valence-electron chi connectivity index (χ2n) is 9.95. The SMILES string of the molecule is NC(=NCC1CCCCCC1)N1CCN(C(=O)C(O)(c2ccccc2)C2CCCC2)CC1. The van der Waals surface area contributed by atoms with E-state index < -0.39 is 5.60 Å². The van der Waals surface area contributed by atoms with Gasteiger partial charge in [-0.25, -0.2) is 0 Å². The third-order valence-corrected chi connectivity index (χ3v) is 7.86. The first kappa shape index (κ1) is 23.1. The number of carbonyl (C=O) groups excluding carboxylic acids is 1. The van der Waals surface area contributed by atoms with Crippen molar-refractivity contribution in [3.8, 4) is 0 Å². The third kappa shape index (κ3) is 5.11. The Kier molecular flexibility index (Phi) is 7.71. The van der Waals surface area contributed by atoms with Crippen LogP contribution in [0.2, 0.25) is 0 Å². The number of aliphatic imine (C=N–C) groups is 1. The molecule has 176 valence electrons. The minimum Gasteiger partial charge on any atom is -0.375 e. The number of guanidine groups is 1. The zero-order valence-corrected chi connectivity index (χ0v) is 19.4. The molecule has 1 saturated heterocycles. The molecule has 1 atom stereocenters. The minimum absolute atomic E-state index is 0.0124. The number of aliphatic hydroxyl groups is 1. The van der Waals surface area contributed by atoms with Crippen molar-refractivity contribution in [3.05, 3.63) is 35.9 Å². The van der Waals surface area contributed by atoms with Crippen LogP contribution < -0.4 is 5.73 Å². The van der Waals surface area contributed by atoms with Gasteiger partial charge in [-0.2, -0.15) is 0 Å². The van der Waals surface area contributed by atoms with Gasteiger partial charge in [0.15, 0.2) is 11.6 Å². The maximum absolute atomic E-state index is 13.6. The summed E-state index contributed by atoms with van der Waals surface area (Å²) in [5.41, 5.74) is 5.62. The summed E-state index contributed by atoms with van der Waals surface area (Å²) >= 11 is 0. The van der Waals surface area contributed by atoms with Crippen LogP contribution in [0.4, 0.5) is 0 Å². The molecule has 1 heterocycles. The number of hydrogen-bond acceptors (Lipinski definition) is 3. The van der Waals surface area contributed by atoms with Crippen molar-refractivity contribution in [1.82, 2.24) is 9.80 Å². The normalized spacial score (nSPS) is 23.7. The summed E-state index contributed by atoms with van der Waals surface area (Å²) < 4.78 is 0. The number of piperazine rings is 1. The molecule has 1 unspecified atom stereocenters. The van der Waals surface area contributed by atoms with E-state index in [9.17, 15) is 9.90 Å². The van der Waals surface area contributed by atoms with Crippen LogP contribution in [-0.2, 0) is 10.4 Å². The van der Waals surface area contributed by atoms with Crippen LogP contribution >= 0.6 is 0 Å². The number of nitrogens with zero attached hydrogens (tertiary/aromatic N) is 3. The van der Waals surface area contributed by atoms with Crippen LogP contribution in [-0.4, -0.2) is 59.5 Å². The first-order chi connectivity index (χ1) is 15.6. The van der Waals surface area contributed by atoms with Gasteiger partial charge in [0.2, 0.25) is 0 Å². The van der Waals surface area contributed by atoms with Crippen molar-refractivity contribution in [1.29, 1.82) is 0 Å². The lowest BCUT2D eigenvalue weighted by atomic mass is 9.79. The molecule has 3 N–H and O–H groups in total. The molecule has 32 heavy (non-hydrogen) atoms. The van der Waals surface area contributed by atoms with E-state index in [-0.39, 0.29) is 11.8 Å². The van der Waals surface area contributed by atoms with Crippen LogP contribution in [0.25, 0.3) is 0 Å². The summed E-state index contributed by atoms with van der Waals surface area (Å²) in [6.45, 7) is 3.30. The van der Waals surface area contributed by atoms with Crippen LogP contribution in [0.1, 0.15) is 69.8 Å². The van der Waals surface area contributed by atoms with Crippen molar-refractivity contribution >= 4 is 11.9 Å². The van der Waals surface area contributed by atoms with Crippen LogP contribution in [0.5, 0.6) is 0 Å². The highest BCUT2D eigenvalue weighted by molar-refractivity contribution is 5.87. The average molecular weight is 441 g/mol. The minimum atomic E-state index is -1.43. The maximum Gasteiger partial charge on any atom is 0.259 e. The van der Waals surface area contributed by atoms with Gasteiger partial charge in [-0.05, 0) is 37.2 Å². The lowest BCUT2D eigenvalue weighted by Crippen LogP contribution is -2.58. The molecular formula is C26H40N4O2. The van der Waals surface area contributed by atoms with E-state index in [4.69, 9.17) is 10.7 Å². The van der Waals surface area contributed by atoms with Crippen molar-refractivity contribution < 1.29 is 9.90 Å². The van der Waals surface area contributed by atoms with Gasteiger partial charge in [0.1, 0.15) is 0 Å². The van der Waals surface area contributed by atoms with Gasteiger partial charge in [0, 0.05) is 38.6 Å². The van der Waals surface area contributed by atoms with E-state index in [1.165, 1.54) is 38.5 Å². The van der Waals surface area contributed by atoms with Crippen molar-refractivity contribution in [3.63, 3.8) is 0 Å². The first-order valence-electron chi connectivity index (χ1n) is 12.7. The Morgan fingerprint density at radius 2 is 1.47 bits per heavy atom. The second-order valence-corrected chi connectivity index (χ2v) is 9.95. The highest BCUT2D eigenvalue weighted by Gasteiger charge is 2.48. The predicted octanol–water partition coefficient (Wildman–Crippen LogP) is 3.49. The summed E-state index contributed by atoms with van der Waals surface area (Å²) in [7, 11) is 0. The van der Waals surface area contributed by atoms with Gasteiger partial charge in [0.05, 0.1) is 0 Å². The molecular weight excluding hydrogens is 400 g/mol. The number of rotatable bonds is 5. The fourth-order valence-electron chi connectivity index (χ4n) is 5.82. The van der Waals surface area contributed by atoms with Gasteiger partial charge in [-0.3, -0.25) is 9.79 Å². The van der Waals surface area contributed by atoms with E-state index in [2.05, 4.69) is 4.90 Å². The topological polar surface area (TPSA) is 82.2 Å². The molecule has 6 heteroatoms. The second kappa shape index (κ2) is 10.7. The molecule has 2 saturated carbocycles. The van der Waals surface area contributed by atoms with Crippen molar-refractivity contribution in [2.75, 3.05) is 32.7 Å². The standard InChI is InChI=1S/C26H40N4O2/c27-25(28-20-21-10-4-1-2-5-11-21)30-18-16-29(17-19-30)24(31)26(32,23-14-8-9-15-23)22-12-6-3-7-13-22/h3,6-7,12-13,21,23,32H,1-2,4-5,8-11,14-20H2,(H2,27,28). The Morgan fingerprint density at radius 1 is 0.906 bits per heavy atom. The molecule has 1 aromatic carbocycles. The first-order valence-corrected chi connectivity index (χ1v) is 12.7. The van der Waals surface area contributed by atoms with E-state index in [0.717, 1.165) is 37.8 Å². The van der Waals surface area contributed by atoms with Crippen LogP contribution in [0, 0.1) is 11.8 Å². The van der Waals surface area contributed by atoms with Gasteiger partial charge >= 0.3 is 0 Å². The number of hydrogen-bond donors (Lipinski definition) is 2. The summed E-state index contributed by atoms with van der Waals surface area (Å²) in [4.78, 5) is 22.3. The van der Waals surface area contributed by atoms with Crippen molar-refractivity contribution in [2.45, 2.75) is 69.8 Å². The number of benzene rings is 1. The maximum atomic E-state index is 13.6. The summed E-state index contributed by atoms with van der Waals surface area (Å²) in [5.74, 6) is 1.10. The zero-order valence-electron chi connectivity index (χ0n) is 19.4. The summed E-state index contributed by atoms with van der Waals surface area (Å²) in [5, 5.41) is 11.8. The molecule has 0 bridgehead atoms. The summed E-state index contributed by atoms with van der Waals surface area (Å²) in [6.07, 6.45) is 11.8. The van der Waals surface area contributed by atoms with Crippen LogP contribution in [0.3, 0.4) is 0 Å². The molecule has 1 aromatic rings. The summed E-state index contributed by atoms with van der Waals surface area (Å²) in [6, 6.07) is 9.53. The van der Waals surface area contributed by atoms with E-state index in [1.807, 2.05) is 35.2 Å². The fraction of sp³-hybridized carbons (Fsp3) is 0.692. The molecule has 4 rings (SSSR count). The molecule has 3 fully saturated rings. The molecule has 1 aliphatic heterocycles. The van der Waals surface area contributed by atoms with E-state index in [1.54, 1.807) is 0 Å². The molecule has 0 radical (unpaired) electrons. The van der Waals surface area contributed by atoms with Gasteiger partial charge in [-0.1, -0.05) is 68.9 Å². The molecule has 3 aliphatic rings. The Morgan fingerprint density at radius 3 is 2.09 bits per heavy atom. The monoisotopic (exact) mass is 440 g/mol. The Hall–Kier alpha value is -2.08. The predicted molar refractivity (Wildman–Crippen MR) is 128 cm³/mol. The van der Waals surface area contributed by atoms with Crippen molar-refractivity contribution in [2.24, 2.45) is 22.6 Å². The van der Waals surface area contributed by atoms with Gasteiger partial charge in [0.25, 0.3) is 5.91 Å². The molecule has 0 aromatic heterocycles. The zero-order chi connectivity index (χ0) is 22.4. The molecule has 0 spiro atoms. The fourth-order valence-corrected chi connectivity index (χ4v) is 5.82. The molecule has 2 aliphatic carbocycles. The quantitative estimate of drug-likeness (QED) is 0.417. The highest BCUT2D eigenvalue weighted by atomic mass is 16.3. The van der Waals surface area contributed by atoms with E-state index >= 15 is 0 Å². The Labute approximate surface area is 192 Å². The highest BCUT2D eigenvalue weighted by Crippen LogP contribution is 2.42. The third-order valence-electron chi connectivity index (χ3n) is 7.86. The molecule has 1 amide bonds. The number of carbonyl (C=O) groups is 1. The Bertz CT molecular complexity index is 761. The van der Waals surface area contributed by atoms with Gasteiger partial charge in [-0.15, -0.1) is 0 Å². The smallest absolute Gasteiger partial charge is 0.259 e. The van der Waals surface area contributed by atoms with Crippen LogP contribution in [0.15, 0.2) is 35.3 Å². The van der Waals surface area contributed by atoms with E-state index in [0.29, 0.717) is 38.1 Å². The largest absolute Gasteiger partial charge is 0.375 e. The lowest BCUT2D eigenvalue weighted by molar-refractivity contribution is -0.160. The molecule has 6 nitrogen and oxygen atoms in total. The average Bonchev–Trinajstić information content (AvgIpc) is 3.27. The van der Waals surface area contributed by atoms with Gasteiger partial charge < -0.3 is 20.6 Å². The number of nitrogens with two attached hydrogens (primary N) is 1. The lowest BCUT2D eigenvalue weighted by Gasteiger charge is -2.41. The Balaban J connectivity index is 1.38.